The van der Waals surface area contributed by atoms with Crippen molar-refractivity contribution >= 4 is 11.9 Å². The summed E-state index contributed by atoms with van der Waals surface area (Å²) in [6.45, 7) is 13.1. The smallest absolute Gasteiger partial charge is 0.340 e. The van der Waals surface area contributed by atoms with Crippen LogP contribution in [0.3, 0.4) is 0 Å². The van der Waals surface area contributed by atoms with Gasteiger partial charge in [-0.1, -0.05) is 27.7 Å². The second-order valence-electron chi connectivity index (χ2n) is 7.91. The van der Waals surface area contributed by atoms with Crippen LogP contribution in [-0.4, -0.2) is 51.2 Å². The van der Waals surface area contributed by atoms with Crippen LogP contribution in [0.4, 0.5) is 0 Å². The first kappa shape index (κ1) is 21.6. The van der Waals surface area contributed by atoms with E-state index in [1.807, 2.05) is 19.9 Å². The Labute approximate surface area is 166 Å². The minimum atomic E-state index is -0.560. The van der Waals surface area contributed by atoms with E-state index >= 15 is 0 Å². The lowest BCUT2D eigenvalue weighted by atomic mass is 10.1. The van der Waals surface area contributed by atoms with Crippen LogP contribution in [-0.2, 0) is 9.53 Å². The number of esters is 1. The van der Waals surface area contributed by atoms with Crippen molar-refractivity contribution in [2.24, 2.45) is 11.8 Å². The monoisotopic (exact) mass is 386 g/mol. The van der Waals surface area contributed by atoms with E-state index < -0.39 is 5.97 Å². The van der Waals surface area contributed by atoms with E-state index in [-0.39, 0.29) is 12.5 Å². The van der Waals surface area contributed by atoms with Crippen LogP contribution in [0.25, 0.3) is 5.82 Å². The molecule has 0 saturated heterocycles. The molecule has 0 aliphatic carbocycles. The van der Waals surface area contributed by atoms with Crippen LogP contribution in [0.1, 0.15) is 49.4 Å². The molecule has 7 heteroatoms. The third-order valence-corrected chi connectivity index (χ3v) is 4.06. The zero-order valence-corrected chi connectivity index (χ0v) is 17.6. The number of rotatable bonds is 8. The molecule has 0 N–H and O–H groups in total. The average molecular weight is 386 g/mol. The second kappa shape index (κ2) is 9.48. The fourth-order valence-electron chi connectivity index (χ4n) is 2.95. The van der Waals surface area contributed by atoms with Crippen LogP contribution in [0.15, 0.2) is 24.4 Å². The summed E-state index contributed by atoms with van der Waals surface area (Å²) >= 11 is 0. The predicted octanol–water partition coefficient (Wildman–Crippen LogP) is 3.18. The Morgan fingerprint density at radius 1 is 1.11 bits per heavy atom. The van der Waals surface area contributed by atoms with Crippen molar-refractivity contribution in [2.75, 3.05) is 19.7 Å². The summed E-state index contributed by atoms with van der Waals surface area (Å²) in [6.07, 6.45) is 1.44. The van der Waals surface area contributed by atoms with Crippen molar-refractivity contribution in [2.45, 2.75) is 41.5 Å². The molecule has 2 aromatic rings. The highest BCUT2D eigenvalue weighted by Gasteiger charge is 2.19. The Hall–Kier alpha value is -2.70. The van der Waals surface area contributed by atoms with Gasteiger partial charge in [-0.2, -0.15) is 5.10 Å². The molecule has 152 valence electrons. The normalized spacial score (nSPS) is 11.1. The standard InChI is InChI=1S/C21H30N4O3/c1-14(2)11-24(12-15(3)4)20(26)13-28-21(27)18-7-8-19(22-10-18)25-17(6)9-16(5)23-25/h7-10,14-15H,11-13H2,1-6H3. The first-order valence-electron chi connectivity index (χ1n) is 9.62. The van der Waals surface area contributed by atoms with Crippen molar-refractivity contribution in [1.29, 1.82) is 0 Å². The molecule has 0 spiro atoms. The van der Waals surface area contributed by atoms with E-state index in [0.717, 1.165) is 11.4 Å². The maximum absolute atomic E-state index is 12.5. The minimum absolute atomic E-state index is 0.178. The van der Waals surface area contributed by atoms with Gasteiger partial charge in [0.05, 0.1) is 11.3 Å². The number of ether oxygens (including phenoxy) is 1. The van der Waals surface area contributed by atoms with Gasteiger partial charge in [0.15, 0.2) is 12.4 Å². The lowest BCUT2D eigenvalue weighted by Crippen LogP contribution is -2.39. The molecule has 0 bridgehead atoms. The van der Waals surface area contributed by atoms with Gasteiger partial charge in [-0.25, -0.2) is 14.5 Å². The van der Waals surface area contributed by atoms with Gasteiger partial charge in [-0.05, 0) is 43.9 Å². The van der Waals surface area contributed by atoms with Crippen molar-refractivity contribution in [3.8, 4) is 5.82 Å². The van der Waals surface area contributed by atoms with E-state index in [2.05, 4.69) is 37.8 Å². The molecule has 1 amide bonds. The van der Waals surface area contributed by atoms with Crippen LogP contribution in [0.2, 0.25) is 0 Å². The number of hydrogen-bond acceptors (Lipinski definition) is 5. The van der Waals surface area contributed by atoms with E-state index in [1.165, 1.54) is 6.20 Å². The van der Waals surface area contributed by atoms with Gasteiger partial charge in [-0.3, -0.25) is 4.79 Å². The molecular formula is C21H30N4O3. The SMILES string of the molecule is Cc1cc(C)n(-c2ccc(C(=O)OCC(=O)N(CC(C)C)CC(C)C)cn2)n1. The van der Waals surface area contributed by atoms with Gasteiger partial charge in [0.25, 0.3) is 5.91 Å². The van der Waals surface area contributed by atoms with Gasteiger partial charge in [-0.15, -0.1) is 0 Å². The van der Waals surface area contributed by atoms with E-state index in [0.29, 0.717) is 36.3 Å². The number of carbonyl (C=O) groups excluding carboxylic acids is 2. The summed E-state index contributed by atoms with van der Waals surface area (Å²) in [5.41, 5.74) is 2.16. The molecule has 2 aromatic heterocycles. The number of amides is 1. The van der Waals surface area contributed by atoms with Crippen LogP contribution >= 0.6 is 0 Å². The predicted molar refractivity (Wildman–Crippen MR) is 107 cm³/mol. The summed E-state index contributed by atoms with van der Waals surface area (Å²) in [5, 5.41) is 4.37. The number of aryl methyl sites for hydroxylation is 2. The molecule has 0 atom stereocenters. The summed E-state index contributed by atoms with van der Waals surface area (Å²) in [5.74, 6) is 0.588. The van der Waals surface area contributed by atoms with Crippen molar-refractivity contribution in [3.63, 3.8) is 0 Å². The summed E-state index contributed by atoms with van der Waals surface area (Å²) < 4.78 is 6.93. The Bertz CT molecular complexity index is 800. The second-order valence-corrected chi connectivity index (χ2v) is 7.91. The van der Waals surface area contributed by atoms with E-state index in [9.17, 15) is 9.59 Å². The lowest BCUT2D eigenvalue weighted by molar-refractivity contribution is -0.135. The third-order valence-electron chi connectivity index (χ3n) is 4.06. The Morgan fingerprint density at radius 2 is 1.75 bits per heavy atom. The number of nitrogens with zero attached hydrogens (tertiary/aromatic N) is 4. The number of carbonyl (C=O) groups is 2. The topological polar surface area (TPSA) is 77.3 Å². The van der Waals surface area contributed by atoms with Gasteiger partial charge in [0, 0.05) is 25.0 Å². The van der Waals surface area contributed by atoms with E-state index in [1.54, 1.807) is 21.7 Å². The van der Waals surface area contributed by atoms with E-state index in [4.69, 9.17) is 4.74 Å². The summed E-state index contributed by atoms with van der Waals surface area (Å²) in [4.78, 5) is 30.8. The highest BCUT2D eigenvalue weighted by atomic mass is 16.5. The van der Waals surface area contributed by atoms with Crippen LogP contribution in [0, 0.1) is 25.7 Å². The fourth-order valence-corrected chi connectivity index (χ4v) is 2.95. The first-order chi connectivity index (χ1) is 13.2. The molecular weight excluding hydrogens is 356 g/mol. The summed E-state index contributed by atoms with van der Waals surface area (Å²) in [7, 11) is 0. The maximum Gasteiger partial charge on any atom is 0.340 e. The molecule has 0 radical (unpaired) electrons. The molecule has 2 rings (SSSR count). The minimum Gasteiger partial charge on any atom is -0.452 e. The molecule has 28 heavy (non-hydrogen) atoms. The zero-order valence-electron chi connectivity index (χ0n) is 17.6. The van der Waals surface area contributed by atoms with Crippen LogP contribution < -0.4 is 0 Å². The Morgan fingerprint density at radius 3 is 2.21 bits per heavy atom. The zero-order chi connectivity index (χ0) is 20.8. The average Bonchev–Trinajstić information content (AvgIpc) is 2.96. The third kappa shape index (κ3) is 5.90. The van der Waals surface area contributed by atoms with Crippen molar-refractivity contribution < 1.29 is 14.3 Å². The molecule has 0 aliphatic rings. The van der Waals surface area contributed by atoms with Crippen molar-refractivity contribution in [3.05, 3.63) is 41.3 Å². The lowest BCUT2D eigenvalue weighted by Gasteiger charge is -2.26. The number of hydrogen-bond donors (Lipinski definition) is 0. The highest BCUT2D eigenvalue weighted by Crippen LogP contribution is 2.11. The molecule has 0 aliphatic heterocycles. The fraction of sp³-hybridized carbons (Fsp3) is 0.524. The Kier molecular flexibility index (Phi) is 7.31. The van der Waals surface area contributed by atoms with Gasteiger partial charge >= 0.3 is 5.97 Å². The Balaban J connectivity index is 1.98. The van der Waals surface area contributed by atoms with Gasteiger partial charge < -0.3 is 9.64 Å². The van der Waals surface area contributed by atoms with Crippen molar-refractivity contribution in [1.82, 2.24) is 19.7 Å². The van der Waals surface area contributed by atoms with Gasteiger partial charge in [0.1, 0.15) is 0 Å². The van der Waals surface area contributed by atoms with Crippen LogP contribution in [0.5, 0.6) is 0 Å². The van der Waals surface area contributed by atoms with Gasteiger partial charge in [0.2, 0.25) is 0 Å². The molecule has 2 heterocycles. The molecule has 0 fully saturated rings. The quantitative estimate of drug-likeness (QED) is 0.651. The first-order valence-corrected chi connectivity index (χ1v) is 9.62. The molecule has 7 nitrogen and oxygen atoms in total. The number of pyridine rings is 1. The largest absolute Gasteiger partial charge is 0.452 e. The molecule has 0 aromatic carbocycles. The highest BCUT2D eigenvalue weighted by molar-refractivity contribution is 5.91. The molecule has 0 saturated carbocycles. The molecule has 0 unspecified atom stereocenters. The summed E-state index contributed by atoms with van der Waals surface area (Å²) in [6, 6.07) is 5.29. The number of aromatic nitrogens is 3. The maximum atomic E-state index is 12.5.